The fraction of sp³-hybridized carbons (Fsp3) is 0.250. The molecule has 58 valence electrons. The van der Waals surface area contributed by atoms with Gasteiger partial charge in [-0.2, -0.15) is 3.69 Å². The van der Waals surface area contributed by atoms with Crippen LogP contribution in [0.3, 0.4) is 0 Å². The molecule has 0 spiro atoms. The summed E-state index contributed by atoms with van der Waals surface area (Å²) in [5.74, 6) is 0. The molecule has 0 aromatic heterocycles. The second-order valence-corrected chi connectivity index (χ2v) is 5.61. The van der Waals surface area contributed by atoms with Crippen molar-refractivity contribution in [3.05, 3.63) is 28.7 Å². The molecule has 0 atom stereocenters. The lowest BCUT2D eigenvalue weighted by molar-refractivity contribution is 1.46. The SMILES string of the molecule is Br.C[CH2][Mg][c]1ccc(Br)cc1. The van der Waals surface area contributed by atoms with Crippen molar-refractivity contribution in [3.63, 3.8) is 0 Å². The largest absolute Gasteiger partial charge is 0.408 e. The predicted octanol–water partition coefficient (Wildman–Crippen LogP) is 2.79. The highest BCUT2D eigenvalue weighted by molar-refractivity contribution is 9.10. The second kappa shape index (κ2) is 6.46. The van der Waals surface area contributed by atoms with Gasteiger partial charge in [-0.15, -0.1) is 21.5 Å². The summed E-state index contributed by atoms with van der Waals surface area (Å²) >= 11 is 3.47. The van der Waals surface area contributed by atoms with Gasteiger partial charge >= 0.3 is 20.4 Å². The van der Waals surface area contributed by atoms with Crippen LogP contribution in [0.4, 0.5) is 0 Å². The topological polar surface area (TPSA) is 0 Å². The summed E-state index contributed by atoms with van der Waals surface area (Å²) in [6, 6.07) is 8.69. The lowest BCUT2D eigenvalue weighted by atomic mass is 10.4. The van der Waals surface area contributed by atoms with E-state index >= 15 is 0 Å². The monoisotopic (exact) mass is 288 g/mol. The van der Waals surface area contributed by atoms with Crippen molar-refractivity contribution in [2.45, 2.75) is 11.5 Å². The molecular formula is C8H10Br2Mg. The molecule has 11 heavy (non-hydrogen) atoms. The number of rotatable bonds is 2. The van der Waals surface area contributed by atoms with Gasteiger partial charge < -0.3 is 0 Å². The zero-order chi connectivity index (χ0) is 7.40. The standard InChI is InChI=1S/C6H4Br.C2H5.BrH.Mg/c7-6-4-2-1-3-5-6;1-2;;/h2-5H;1H2,2H3;1H;. The maximum Gasteiger partial charge on any atom is 0.408 e. The molecule has 0 aliphatic heterocycles. The van der Waals surface area contributed by atoms with E-state index in [2.05, 4.69) is 47.1 Å². The van der Waals surface area contributed by atoms with Gasteiger partial charge in [-0.25, -0.2) is 0 Å². The Bertz CT molecular complexity index is 196. The molecule has 0 nitrogen and oxygen atoms in total. The first-order valence-electron chi connectivity index (χ1n) is 3.57. The summed E-state index contributed by atoms with van der Waals surface area (Å²) < 4.78 is 4.11. The first-order valence-corrected chi connectivity index (χ1v) is 6.07. The number of benzene rings is 1. The van der Waals surface area contributed by atoms with Crippen LogP contribution in [0.15, 0.2) is 28.7 Å². The average molecular weight is 290 g/mol. The minimum atomic E-state index is 0. The van der Waals surface area contributed by atoms with Crippen LogP contribution in [0.2, 0.25) is 4.55 Å². The fourth-order valence-electron chi connectivity index (χ4n) is 0.940. The van der Waals surface area contributed by atoms with Crippen molar-refractivity contribution in [1.82, 2.24) is 0 Å². The highest BCUT2D eigenvalue weighted by Gasteiger charge is 1.93. The molecule has 0 aliphatic rings. The zero-order valence-corrected chi connectivity index (χ0v) is 11.2. The number of hydrogen-bond donors (Lipinski definition) is 0. The van der Waals surface area contributed by atoms with E-state index in [9.17, 15) is 0 Å². The van der Waals surface area contributed by atoms with Crippen molar-refractivity contribution >= 4 is 57.0 Å². The molecule has 0 fully saturated rings. The van der Waals surface area contributed by atoms with Crippen LogP contribution in [0.5, 0.6) is 0 Å². The van der Waals surface area contributed by atoms with Crippen molar-refractivity contribution in [3.8, 4) is 0 Å². The summed E-state index contributed by atoms with van der Waals surface area (Å²) in [5, 5.41) is 0. The lowest BCUT2D eigenvalue weighted by Gasteiger charge is -1.95. The van der Waals surface area contributed by atoms with Crippen molar-refractivity contribution < 1.29 is 0 Å². The zero-order valence-electron chi connectivity index (χ0n) is 6.51. The predicted molar refractivity (Wildman–Crippen MR) is 60.3 cm³/mol. The molecule has 0 amide bonds. The maximum atomic E-state index is 3.41. The van der Waals surface area contributed by atoms with E-state index in [0.29, 0.717) is 0 Å². The summed E-state index contributed by atoms with van der Waals surface area (Å²) in [6.07, 6.45) is 0. The Kier molecular flexibility index (Phi) is 7.02. The van der Waals surface area contributed by atoms with Gasteiger partial charge in [0.15, 0.2) is 0 Å². The molecule has 1 aromatic rings. The van der Waals surface area contributed by atoms with Gasteiger partial charge in [-0.3, -0.25) is 0 Å². The molecule has 0 saturated heterocycles. The van der Waals surface area contributed by atoms with E-state index in [0.717, 1.165) is 0 Å². The summed E-state index contributed by atoms with van der Waals surface area (Å²) in [4.78, 5) is 0. The van der Waals surface area contributed by atoms with Gasteiger partial charge in [0.1, 0.15) is 0 Å². The highest BCUT2D eigenvalue weighted by atomic mass is 79.9. The Labute approximate surface area is 96.4 Å². The maximum absolute atomic E-state index is 3.41. The normalized spacial score (nSPS) is 8.18. The molecule has 0 aliphatic carbocycles. The summed E-state index contributed by atoms with van der Waals surface area (Å²) in [5.41, 5.74) is 0. The Hall–Kier alpha value is 0.946. The van der Waals surface area contributed by atoms with E-state index in [1.54, 1.807) is 3.69 Å². The summed E-state index contributed by atoms with van der Waals surface area (Å²) in [7, 11) is 0. The van der Waals surface area contributed by atoms with Crippen LogP contribution in [0.25, 0.3) is 0 Å². The first kappa shape index (κ1) is 11.9. The van der Waals surface area contributed by atoms with Crippen LogP contribution in [-0.4, -0.2) is 20.4 Å². The van der Waals surface area contributed by atoms with Crippen LogP contribution >= 0.6 is 32.9 Å². The minimum absolute atomic E-state index is 0. The van der Waals surface area contributed by atoms with Gasteiger partial charge in [0.25, 0.3) is 0 Å². The fourth-order valence-corrected chi connectivity index (χ4v) is 2.35. The van der Waals surface area contributed by atoms with Crippen LogP contribution in [0.1, 0.15) is 6.92 Å². The summed E-state index contributed by atoms with van der Waals surface area (Å²) in [6.45, 7) is 2.26. The molecule has 0 bridgehead atoms. The van der Waals surface area contributed by atoms with Gasteiger partial charge in [0, 0.05) is 4.47 Å². The molecular weight excluding hydrogens is 280 g/mol. The molecule has 1 rings (SSSR count). The van der Waals surface area contributed by atoms with Crippen molar-refractivity contribution in [2.24, 2.45) is 0 Å². The van der Waals surface area contributed by atoms with Gasteiger partial charge in [0.05, 0.1) is 0 Å². The van der Waals surface area contributed by atoms with E-state index < -0.39 is 0 Å². The Morgan fingerprint density at radius 3 is 2.27 bits per heavy atom. The number of halogens is 2. The Morgan fingerprint density at radius 2 is 1.82 bits per heavy atom. The molecule has 0 N–H and O–H groups in total. The lowest BCUT2D eigenvalue weighted by Crippen LogP contribution is -2.11. The van der Waals surface area contributed by atoms with E-state index in [1.807, 2.05) is 0 Å². The van der Waals surface area contributed by atoms with E-state index in [1.165, 1.54) is 9.02 Å². The molecule has 1 aromatic carbocycles. The highest BCUT2D eigenvalue weighted by Crippen LogP contribution is 2.04. The van der Waals surface area contributed by atoms with Gasteiger partial charge in [-0.05, 0) is 0 Å². The Morgan fingerprint density at radius 1 is 1.27 bits per heavy atom. The van der Waals surface area contributed by atoms with E-state index in [-0.39, 0.29) is 37.3 Å². The van der Waals surface area contributed by atoms with Crippen LogP contribution < -0.4 is 3.69 Å². The van der Waals surface area contributed by atoms with Crippen LogP contribution in [-0.2, 0) is 0 Å². The molecule has 0 saturated carbocycles. The van der Waals surface area contributed by atoms with Crippen molar-refractivity contribution in [2.75, 3.05) is 0 Å². The molecule has 0 heterocycles. The quantitative estimate of drug-likeness (QED) is 0.735. The minimum Gasteiger partial charge on any atom is -0.174 e. The first-order chi connectivity index (χ1) is 4.83. The Balaban J connectivity index is 0.000001000. The third-order valence-corrected chi connectivity index (χ3v) is 3.53. The molecule has 0 radical (unpaired) electrons. The third kappa shape index (κ3) is 4.50. The van der Waals surface area contributed by atoms with E-state index in [4.69, 9.17) is 0 Å². The third-order valence-electron chi connectivity index (χ3n) is 1.45. The molecule has 0 unspecified atom stereocenters. The van der Waals surface area contributed by atoms with Gasteiger partial charge in [0.2, 0.25) is 0 Å². The van der Waals surface area contributed by atoms with Crippen molar-refractivity contribution in [1.29, 1.82) is 0 Å². The van der Waals surface area contributed by atoms with Crippen LogP contribution in [0, 0.1) is 0 Å². The second-order valence-electron chi connectivity index (χ2n) is 2.38. The average Bonchev–Trinajstić information content (AvgIpc) is 1.95. The molecule has 3 heteroatoms. The van der Waals surface area contributed by atoms with Gasteiger partial charge in [-0.1, -0.05) is 47.1 Å². The number of hydrogen-bond acceptors (Lipinski definition) is 0. The smallest absolute Gasteiger partial charge is 0.174 e.